The van der Waals surface area contributed by atoms with Crippen molar-refractivity contribution in [3.05, 3.63) is 88.3 Å². The molecular formula is C21H20ClN3O4S. The molecule has 1 aromatic heterocycles. The first kappa shape index (κ1) is 21.6. The number of rotatable bonds is 6. The summed E-state index contributed by atoms with van der Waals surface area (Å²) in [6.45, 7) is 1.86. The molecule has 1 heterocycles. The van der Waals surface area contributed by atoms with E-state index in [1.165, 1.54) is 23.1 Å². The molecule has 3 rings (SSSR count). The van der Waals surface area contributed by atoms with Gasteiger partial charge in [-0.1, -0.05) is 47.5 Å². The van der Waals surface area contributed by atoms with Crippen molar-refractivity contribution < 1.29 is 17.6 Å². The van der Waals surface area contributed by atoms with Crippen LogP contribution in [0, 0.1) is 6.92 Å². The maximum Gasteiger partial charge on any atom is 0.289 e. The first-order chi connectivity index (χ1) is 14.2. The summed E-state index contributed by atoms with van der Waals surface area (Å²) >= 11 is 6.30. The van der Waals surface area contributed by atoms with Crippen LogP contribution in [-0.4, -0.2) is 39.0 Å². The van der Waals surface area contributed by atoms with E-state index in [9.17, 15) is 13.2 Å². The molecule has 0 radical (unpaired) electrons. The van der Waals surface area contributed by atoms with Crippen molar-refractivity contribution in [3.8, 4) is 0 Å². The van der Waals surface area contributed by atoms with Crippen LogP contribution in [0.5, 0.6) is 0 Å². The van der Waals surface area contributed by atoms with Crippen molar-refractivity contribution in [3.63, 3.8) is 0 Å². The first-order valence-electron chi connectivity index (χ1n) is 8.92. The highest BCUT2D eigenvalue weighted by molar-refractivity contribution is 7.89. The molecule has 0 aliphatic carbocycles. The van der Waals surface area contributed by atoms with Crippen LogP contribution in [0.2, 0.25) is 5.02 Å². The maximum absolute atomic E-state index is 12.7. The number of nitrogens with zero attached hydrogens (tertiary/aromatic N) is 2. The Bertz CT molecular complexity index is 1200. The Labute approximate surface area is 180 Å². The van der Waals surface area contributed by atoms with Gasteiger partial charge in [-0.2, -0.15) is 18.4 Å². The van der Waals surface area contributed by atoms with E-state index in [-0.39, 0.29) is 28.0 Å². The lowest BCUT2D eigenvalue weighted by atomic mass is 10.1. The van der Waals surface area contributed by atoms with Gasteiger partial charge in [0.05, 0.1) is 9.92 Å². The lowest BCUT2D eigenvalue weighted by molar-refractivity contribution is 0.0796. The zero-order valence-electron chi connectivity index (χ0n) is 16.6. The number of nitrogens with one attached hydrogen (secondary N) is 1. The fourth-order valence-electron chi connectivity index (χ4n) is 2.58. The fraction of sp³-hybridized carbons (Fsp3) is 0.143. The van der Waals surface area contributed by atoms with E-state index < -0.39 is 10.0 Å². The van der Waals surface area contributed by atoms with Gasteiger partial charge in [0.15, 0.2) is 11.5 Å². The highest BCUT2D eigenvalue weighted by Gasteiger charge is 2.20. The topological polar surface area (TPSA) is 92.0 Å². The molecular weight excluding hydrogens is 426 g/mol. The molecule has 156 valence electrons. The number of aryl methyl sites for hydroxylation is 1. The summed E-state index contributed by atoms with van der Waals surface area (Å²) in [6, 6.07) is 16.2. The molecule has 0 aliphatic heterocycles. The smallest absolute Gasteiger partial charge is 0.289 e. The number of hydrazone groups is 1. The van der Waals surface area contributed by atoms with Crippen LogP contribution in [0.1, 0.15) is 27.4 Å². The molecule has 0 atom stereocenters. The van der Waals surface area contributed by atoms with Crippen molar-refractivity contribution in [2.75, 3.05) is 14.1 Å². The first-order valence-corrected chi connectivity index (χ1v) is 10.8. The standard InChI is InChI=1S/C21H20ClN3O4S/c1-14-8-10-15(11-9-14)30(27,28)24-23-20(16-6-4-5-7-17(16)22)18-12-13-19(29-18)21(26)25(2)3/h4-13,24H,1-3H3/b23-20+. The van der Waals surface area contributed by atoms with Crippen LogP contribution in [0.25, 0.3) is 0 Å². The number of benzene rings is 2. The summed E-state index contributed by atoms with van der Waals surface area (Å²) in [5.41, 5.74) is 1.53. The van der Waals surface area contributed by atoms with Gasteiger partial charge in [0.2, 0.25) is 0 Å². The molecule has 0 saturated carbocycles. The second kappa shape index (κ2) is 8.73. The zero-order chi connectivity index (χ0) is 21.9. The molecule has 1 N–H and O–H groups in total. The van der Waals surface area contributed by atoms with E-state index >= 15 is 0 Å². The fourth-order valence-corrected chi connectivity index (χ4v) is 3.61. The number of hydrogen-bond acceptors (Lipinski definition) is 5. The van der Waals surface area contributed by atoms with Crippen molar-refractivity contribution >= 4 is 33.2 Å². The Balaban J connectivity index is 2.03. The van der Waals surface area contributed by atoms with E-state index in [0.717, 1.165) is 5.56 Å². The maximum atomic E-state index is 12.7. The van der Waals surface area contributed by atoms with Gasteiger partial charge in [0, 0.05) is 19.7 Å². The Morgan fingerprint density at radius 1 is 1.00 bits per heavy atom. The second-order valence-electron chi connectivity index (χ2n) is 6.71. The predicted molar refractivity (Wildman–Crippen MR) is 115 cm³/mol. The number of hydrogen-bond donors (Lipinski definition) is 1. The quantitative estimate of drug-likeness (QED) is 0.462. The van der Waals surface area contributed by atoms with Gasteiger partial charge in [0.1, 0.15) is 5.71 Å². The Kier molecular flexibility index (Phi) is 6.28. The van der Waals surface area contributed by atoms with Crippen molar-refractivity contribution in [2.45, 2.75) is 11.8 Å². The van der Waals surface area contributed by atoms with Gasteiger partial charge in [-0.15, -0.1) is 0 Å². The highest BCUT2D eigenvalue weighted by Crippen LogP contribution is 2.22. The largest absolute Gasteiger partial charge is 0.449 e. The van der Waals surface area contributed by atoms with Gasteiger partial charge < -0.3 is 9.32 Å². The molecule has 7 nitrogen and oxygen atoms in total. The lowest BCUT2D eigenvalue weighted by Crippen LogP contribution is -2.22. The second-order valence-corrected chi connectivity index (χ2v) is 8.78. The number of sulfonamides is 1. The summed E-state index contributed by atoms with van der Waals surface area (Å²) in [4.78, 5) is 15.8. The molecule has 0 saturated heterocycles. The number of carbonyl (C=O) groups excluding carboxylic acids is 1. The predicted octanol–water partition coefficient (Wildman–Crippen LogP) is 3.67. The molecule has 0 aliphatic rings. The Hall–Kier alpha value is -3.10. The lowest BCUT2D eigenvalue weighted by Gasteiger charge is -2.09. The summed E-state index contributed by atoms with van der Waals surface area (Å²) in [5, 5.41) is 4.44. The third-order valence-corrected chi connectivity index (χ3v) is 5.75. The summed E-state index contributed by atoms with van der Waals surface area (Å²) in [5.74, 6) is -0.0453. The minimum absolute atomic E-state index is 0.0679. The van der Waals surface area contributed by atoms with Gasteiger partial charge in [-0.3, -0.25) is 4.79 Å². The number of amides is 1. The average Bonchev–Trinajstić information content (AvgIpc) is 3.19. The minimum Gasteiger partial charge on any atom is -0.449 e. The molecule has 1 amide bonds. The van der Waals surface area contributed by atoms with Crippen LogP contribution in [0.3, 0.4) is 0 Å². The average molecular weight is 446 g/mol. The molecule has 0 bridgehead atoms. The van der Waals surface area contributed by atoms with Crippen LogP contribution in [-0.2, 0) is 10.0 Å². The molecule has 0 unspecified atom stereocenters. The summed E-state index contributed by atoms with van der Waals surface area (Å²) < 4.78 is 31.0. The summed E-state index contributed by atoms with van der Waals surface area (Å²) in [6.07, 6.45) is 0. The monoisotopic (exact) mass is 445 g/mol. The third-order valence-electron chi connectivity index (χ3n) is 4.19. The molecule has 0 spiro atoms. The Morgan fingerprint density at radius 2 is 1.63 bits per heavy atom. The molecule has 9 heteroatoms. The van der Waals surface area contributed by atoms with Crippen molar-refractivity contribution in [2.24, 2.45) is 5.10 Å². The number of furan rings is 1. The number of carbonyl (C=O) groups is 1. The zero-order valence-corrected chi connectivity index (χ0v) is 18.2. The Morgan fingerprint density at radius 3 is 2.27 bits per heavy atom. The molecule has 3 aromatic rings. The van der Waals surface area contributed by atoms with Gasteiger partial charge in [-0.05, 0) is 37.3 Å². The van der Waals surface area contributed by atoms with Crippen LogP contribution in [0.15, 0.2) is 75.1 Å². The van der Waals surface area contributed by atoms with Gasteiger partial charge in [-0.25, -0.2) is 0 Å². The van der Waals surface area contributed by atoms with Crippen molar-refractivity contribution in [1.29, 1.82) is 0 Å². The van der Waals surface area contributed by atoms with Crippen molar-refractivity contribution in [1.82, 2.24) is 9.73 Å². The van der Waals surface area contributed by atoms with Crippen LogP contribution < -0.4 is 4.83 Å². The van der Waals surface area contributed by atoms with Crippen LogP contribution in [0.4, 0.5) is 0 Å². The molecule has 30 heavy (non-hydrogen) atoms. The molecule has 0 fully saturated rings. The normalized spacial score (nSPS) is 11.9. The summed E-state index contributed by atoms with van der Waals surface area (Å²) in [7, 11) is -0.720. The van der Waals surface area contributed by atoms with Crippen LogP contribution >= 0.6 is 11.6 Å². The van der Waals surface area contributed by atoms with E-state index in [1.807, 2.05) is 6.92 Å². The number of halogens is 1. The van der Waals surface area contributed by atoms with E-state index in [4.69, 9.17) is 16.0 Å². The van der Waals surface area contributed by atoms with E-state index in [2.05, 4.69) is 9.93 Å². The van der Waals surface area contributed by atoms with Gasteiger partial charge in [0.25, 0.3) is 15.9 Å². The third kappa shape index (κ3) is 4.72. The van der Waals surface area contributed by atoms with E-state index in [1.54, 1.807) is 56.6 Å². The highest BCUT2D eigenvalue weighted by atomic mass is 35.5. The SMILES string of the molecule is Cc1ccc(S(=O)(=O)N/N=C(/c2ccc(C(=O)N(C)C)o2)c2ccccc2Cl)cc1. The van der Waals surface area contributed by atoms with E-state index in [0.29, 0.717) is 10.6 Å². The minimum atomic E-state index is -3.92. The molecule has 2 aromatic carbocycles. The van der Waals surface area contributed by atoms with Gasteiger partial charge >= 0.3 is 0 Å².